The minimum Gasteiger partial charge on any atom is -0.324 e. The van der Waals surface area contributed by atoms with Crippen molar-refractivity contribution in [3.63, 3.8) is 0 Å². The van der Waals surface area contributed by atoms with Crippen LogP contribution in [0.25, 0.3) is 5.82 Å². The lowest BCUT2D eigenvalue weighted by molar-refractivity contribution is 0.558. The van der Waals surface area contributed by atoms with Crippen LogP contribution in [-0.4, -0.2) is 9.55 Å². The van der Waals surface area contributed by atoms with Crippen molar-refractivity contribution >= 4 is 0 Å². The number of nitrogens with two attached hydrogens (primary N) is 1. The second-order valence-electron chi connectivity index (χ2n) is 4.86. The summed E-state index contributed by atoms with van der Waals surface area (Å²) in [5, 5.41) is 0. The first kappa shape index (κ1) is 11.4. The van der Waals surface area contributed by atoms with Crippen LogP contribution >= 0.6 is 0 Å². The molecule has 0 aromatic carbocycles. The molecule has 3 rings (SSSR count). The smallest absolute Gasteiger partial charge is 0.141 e. The summed E-state index contributed by atoms with van der Waals surface area (Å²) in [6.07, 6.45) is 4.39. The Morgan fingerprint density at radius 2 is 2.28 bits per heavy atom. The molecule has 1 unspecified atom stereocenters. The van der Waals surface area contributed by atoms with Crippen molar-refractivity contribution in [2.45, 2.75) is 32.2 Å². The molecule has 0 spiro atoms. The highest BCUT2D eigenvalue weighted by Gasteiger charge is 2.23. The van der Waals surface area contributed by atoms with Crippen molar-refractivity contribution in [1.29, 1.82) is 0 Å². The molecule has 2 aromatic rings. The SMILES string of the molecule is Cc1cc2c(n1-c1ccc(F)cn1)CCCC2N. The topological polar surface area (TPSA) is 43.8 Å². The summed E-state index contributed by atoms with van der Waals surface area (Å²) in [6.45, 7) is 2.04. The summed E-state index contributed by atoms with van der Waals surface area (Å²) in [7, 11) is 0. The van der Waals surface area contributed by atoms with Crippen molar-refractivity contribution in [3.05, 3.63) is 47.2 Å². The number of hydrogen-bond acceptors (Lipinski definition) is 2. The molecule has 94 valence electrons. The fraction of sp³-hybridized carbons (Fsp3) is 0.357. The van der Waals surface area contributed by atoms with E-state index in [0.717, 1.165) is 30.8 Å². The monoisotopic (exact) mass is 245 g/mol. The molecule has 0 aliphatic heterocycles. The van der Waals surface area contributed by atoms with Gasteiger partial charge in [0.25, 0.3) is 0 Å². The van der Waals surface area contributed by atoms with Crippen LogP contribution in [0, 0.1) is 12.7 Å². The molecular formula is C14H16FN3. The van der Waals surface area contributed by atoms with E-state index in [0.29, 0.717) is 0 Å². The van der Waals surface area contributed by atoms with E-state index in [-0.39, 0.29) is 11.9 Å². The van der Waals surface area contributed by atoms with E-state index >= 15 is 0 Å². The Bertz CT molecular complexity index is 571. The molecule has 1 aliphatic carbocycles. The lowest BCUT2D eigenvalue weighted by Crippen LogP contribution is -2.18. The summed E-state index contributed by atoms with van der Waals surface area (Å²) >= 11 is 0. The first-order chi connectivity index (χ1) is 8.66. The molecule has 2 heterocycles. The Labute approximate surface area is 105 Å². The number of pyridine rings is 1. The average Bonchev–Trinajstić information content (AvgIpc) is 2.69. The van der Waals surface area contributed by atoms with E-state index in [4.69, 9.17) is 5.73 Å². The van der Waals surface area contributed by atoms with Gasteiger partial charge in [-0.15, -0.1) is 0 Å². The van der Waals surface area contributed by atoms with Gasteiger partial charge in [0.2, 0.25) is 0 Å². The zero-order valence-corrected chi connectivity index (χ0v) is 10.4. The number of aromatic nitrogens is 2. The fourth-order valence-electron chi connectivity index (χ4n) is 2.76. The van der Waals surface area contributed by atoms with E-state index in [9.17, 15) is 4.39 Å². The largest absolute Gasteiger partial charge is 0.324 e. The molecule has 1 atom stereocenters. The van der Waals surface area contributed by atoms with E-state index < -0.39 is 0 Å². The van der Waals surface area contributed by atoms with Gasteiger partial charge >= 0.3 is 0 Å². The van der Waals surface area contributed by atoms with Crippen LogP contribution in [0.1, 0.15) is 35.8 Å². The van der Waals surface area contributed by atoms with Crippen molar-refractivity contribution in [1.82, 2.24) is 9.55 Å². The van der Waals surface area contributed by atoms with Crippen molar-refractivity contribution in [2.24, 2.45) is 5.73 Å². The molecule has 0 saturated heterocycles. The van der Waals surface area contributed by atoms with Crippen LogP contribution in [0.3, 0.4) is 0 Å². The highest BCUT2D eigenvalue weighted by atomic mass is 19.1. The van der Waals surface area contributed by atoms with E-state index in [2.05, 4.69) is 15.6 Å². The minimum absolute atomic E-state index is 0.120. The molecule has 2 aromatic heterocycles. The summed E-state index contributed by atoms with van der Waals surface area (Å²) in [5.41, 5.74) is 9.68. The Morgan fingerprint density at radius 1 is 1.44 bits per heavy atom. The predicted molar refractivity (Wildman–Crippen MR) is 68.1 cm³/mol. The van der Waals surface area contributed by atoms with Crippen LogP contribution in [0.15, 0.2) is 24.4 Å². The van der Waals surface area contributed by atoms with Crippen LogP contribution < -0.4 is 5.73 Å². The van der Waals surface area contributed by atoms with E-state index in [1.54, 1.807) is 6.07 Å². The van der Waals surface area contributed by atoms with Gasteiger partial charge < -0.3 is 10.3 Å². The van der Waals surface area contributed by atoms with Gasteiger partial charge in [0.1, 0.15) is 11.6 Å². The lowest BCUT2D eigenvalue weighted by Gasteiger charge is -2.20. The Balaban J connectivity index is 2.15. The zero-order chi connectivity index (χ0) is 12.7. The minimum atomic E-state index is -0.311. The molecule has 0 radical (unpaired) electrons. The maximum absolute atomic E-state index is 12.9. The van der Waals surface area contributed by atoms with Gasteiger partial charge in [-0.2, -0.15) is 0 Å². The Morgan fingerprint density at radius 3 is 3.00 bits per heavy atom. The number of rotatable bonds is 1. The second kappa shape index (κ2) is 4.21. The third kappa shape index (κ3) is 1.73. The van der Waals surface area contributed by atoms with Crippen LogP contribution in [0.4, 0.5) is 4.39 Å². The molecule has 0 saturated carbocycles. The third-order valence-electron chi connectivity index (χ3n) is 3.59. The molecule has 18 heavy (non-hydrogen) atoms. The number of halogens is 1. The summed E-state index contributed by atoms with van der Waals surface area (Å²) in [6, 6.07) is 5.40. The predicted octanol–water partition coefficient (Wildman–Crippen LogP) is 2.66. The lowest BCUT2D eigenvalue weighted by atomic mass is 9.93. The first-order valence-electron chi connectivity index (χ1n) is 6.25. The van der Waals surface area contributed by atoms with E-state index in [1.165, 1.54) is 23.5 Å². The van der Waals surface area contributed by atoms with Gasteiger partial charge in [-0.1, -0.05) is 0 Å². The Kier molecular flexibility index (Phi) is 2.67. The molecule has 0 amide bonds. The van der Waals surface area contributed by atoms with Gasteiger partial charge in [0.05, 0.1) is 6.20 Å². The average molecular weight is 245 g/mol. The van der Waals surface area contributed by atoms with E-state index in [1.807, 2.05) is 6.92 Å². The molecule has 0 bridgehead atoms. The summed E-state index contributed by atoms with van der Waals surface area (Å²) in [4.78, 5) is 4.16. The highest BCUT2D eigenvalue weighted by molar-refractivity contribution is 5.40. The van der Waals surface area contributed by atoms with Crippen molar-refractivity contribution in [2.75, 3.05) is 0 Å². The number of aryl methyl sites for hydroxylation is 1. The maximum Gasteiger partial charge on any atom is 0.141 e. The fourth-order valence-corrected chi connectivity index (χ4v) is 2.76. The van der Waals surface area contributed by atoms with Gasteiger partial charge in [-0.25, -0.2) is 9.37 Å². The van der Waals surface area contributed by atoms with Crippen LogP contribution in [0.2, 0.25) is 0 Å². The van der Waals surface area contributed by atoms with Gasteiger partial charge in [-0.3, -0.25) is 0 Å². The number of hydrogen-bond donors (Lipinski definition) is 1. The Hall–Kier alpha value is -1.68. The zero-order valence-electron chi connectivity index (χ0n) is 10.4. The highest BCUT2D eigenvalue weighted by Crippen LogP contribution is 2.32. The molecular weight excluding hydrogens is 229 g/mol. The van der Waals surface area contributed by atoms with Gasteiger partial charge in [0, 0.05) is 17.4 Å². The first-order valence-corrected chi connectivity index (χ1v) is 6.25. The normalized spacial score (nSPS) is 18.7. The summed E-state index contributed by atoms with van der Waals surface area (Å²) < 4.78 is 15.0. The molecule has 3 nitrogen and oxygen atoms in total. The number of fused-ring (bicyclic) bond motifs is 1. The van der Waals surface area contributed by atoms with Crippen LogP contribution in [0.5, 0.6) is 0 Å². The van der Waals surface area contributed by atoms with Crippen molar-refractivity contribution < 1.29 is 4.39 Å². The number of nitrogens with zero attached hydrogens (tertiary/aromatic N) is 2. The molecule has 2 N–H and O–H groups in total. The van der Waals surface area contributed by atoms with Crippen LogP contribution in [-0.2, 0) is 6.42 Å². The summed E-state index contributed by atoms with van der Waals surface area (Å²) in [5.74, 6) is 0.457. The second-order valence-corrected chi connectivity index (χ2v) is 4.86. The molecule has 4 heteroatoms. The van der Waals surface area contributed by atoms with Gasteiger partial charge in [0.15, 0.2) is 0 Å². The molecule has 0 fully saturated rings. The van der Waals surface area contributed by atoms with Crippen molar-refractivity contribution in [3.8, 4) is 5.82 Å². The quantitative estimate of drug-likeness (QED) is 0.839. The van der Waals surface area contributed by atoms with Gasteiger partial charge in [-0.05, 0) is 49.9 Å². The maximum atomic E-state index is 12.9. The standard InChI is InChI=1S/C14H16FN3/c1-9-7-11-12(16)3-2-4-13(11)18(9)14-6-5-10(15)8-17-14/h5-8,12H,2-4,16H2,1H3. The molecule has 1 aliphatic rings. The third-order valence-corrected chi connectivity index (χ3v) is 3.59.